The van der Waals surface area contributed by atoms with Crippen LogP contribution in [0, 0.1) is 0 Å². The number of hydrogen-bond acceptors (Lipinski definition) is 8. The summed E-state index contributed by atoms with van der Waals surface area (Å²) in [5.41, 5.74) is 0. The van der Waals surface area contributed by atoms with Gasteiger partial charge in [-0.15, -0.1) is 13.2 Å². The molecule has 1 aromatic heterocycles. The van der Waals surface area contributed by atoms with Gasteiger partial charge in [0.05, 0.1) is 0 Å². The quantitative estimate of drug-likeness (QED) is 0.518. The molecule has 2 N–H and O–H groups in total. The van der Waals surface area contributed by atoms with Gasteiger partial charge in [-0.05, 0) is 0 Å². The van der Waals surface area contributed by atoms with Gasteiger partial charge in [-0.3, -0.25) is 4.79 Å². The van der Waals surface area contributed by atoms with E-state index in [-0.39, 0.29) is 12.1 Å². The minimum absolute atomic E-state index is 0.0257. The van der Waals surface area contributed by atoms with Crippen molar-refractivity contribution in [2.45, 2.75) is 32.3 Å². The van der Waals surface area contributed by atoms with E-state index in [4.69, 9.17) is 4.74 Å². The summed E-state index contributed by atoms with van der Waals surface area (Å²) in [6, 6.07) is 0. The molecule has 0 radical (unpaired) electrons. The molecule has 0 aromatic carbocycles. The largest absolute Gasteiger partial charge is 0.462 e. The predicted octanol–water partition coefficient (Wildman–Crippen LogP) is 1.99. The Bertz CT molecular complexity index is 569. The van der Waals surface area contributed by atoms with Gasteiger partial charge in [-0.2, -0.15) is 15.0 Å². The fraction of sp³-hybridized carbons (Fsp3) is 0.529. The second-order valence-electron chi connectivity index (χ2n) is 5.65. The Balaban J connectivity index is 2.05. The molecule has 25 heavy (non-hydrogen) atoms. The van der Waals surface area contributed by atoms with Crippen molar-refractivity contribution in [3.63, 3.8) is 0 Å². The van der Waals surface area contributed by atoms with Gasteiger partial charge in [-0.1, -0.05) is 19.1 Å². The number of carbonyl (C=O) groups excluding carboxylic acids is 1. The Hall–Kier alpha value is -2.64. The van der Waals surface area contributed by atoms with Crippen LogP contribution in [0.15, 0.2) is 25.3 Å². The molecule has 2 heterocycles. The van der Waals surface area contributed by atoms with Gasteiger partial charge in [0.1, 0.15) is 6.10 Å². The van der Waals surface area contributed by atoms with Gasteiger partial charge < -0.3 is 20.3 Å². The molecule has 0 unspecified atom stereocenters. The summed E-state index contributed by atoms with van der Waals surface area (Å²) in [5, 5.41) is 6.18. The van der Waals surface area contributed by atoms with E-state index < -0.39 is 0 Å². The first-order chi connectivity index (χ1) is 12.2. The van der Waals surface area contributed by atoms with Crippen molar-refractivity contribution in [2.75, 3.05) is 41.7 Å². The minimum atomic E-state index is -0.148. The highest BCUT2D eigenvalue weighted by Crippen LogP contribution is 2.20. The fourth-order valence-corrected chi connectivity index (χ4v) is 2.43. The number of hydrogen-bond donors (Lipinski definition) is 2. The third-order valence-electron chi connectivity index (χ3n) is 3.74. The van der Waals surface area contributed by atoms with Crippen LogP contribution in [0.3, 0.4) is 0 Å². The maximum atomic E-state index is 11.4. The molecule has 0 bridgehead atoms. The Labute approximate surface area is 148 Å². The SMILES string of the molecule is C=CCNc1nc(NCC=C)nc(N2CCC(OC(=O)CC)CC2)n1. The molecule has 1 saturated heterocycles. The lowest BCUT2D eigenvalue weighted by molar-refractivity contribution is -0.149. The van der Waals surface area contributed by atoms with Crippen molar-refractivity contribution >= 4 is 23.8 Å². The summed E-state index contributed by atoms with van der Waals surface area (Å²) in [7, 11) is 0. The average molecular weight is 346 g/mol. The van der Waals surface area contributed by atoms with Crippen LogP contribution in [0.5, 0.6) is 0 Å². The number of carbonyl (C=O) groups is 1. The van der Waals surface area contributed by atoms with Crippen LogP contribution in [-0.2, 0) is 9.53 Å². The molecule has 2 rings (SSSR count). The van der Waals surface area contributed by atoms with Gasteiger partial charge in [0.25, 0.3) is 0 Å². The highest BCUT2D eigenvalue weighted by atomic mass is 16.5. The van der Waals surface area contributed by atoms with Crippen molar-refractivity contribution in [2.24, 2.45) is 0 Å². The molecule has 0 saturated carbocycles. The fourth-order valence-electron chi connectivity index (χ4n) is 2.43. The molecular formula is C17H26N6O2. The van der Waals surface area contributed by atoms with Crippen molar-refractivity contribution in [1.82, 2.24) is 15.0 Å². The Kier molecular flexibility index (Phi) is 7.18. The number of nitrogens with zero attached hydrogens (tertiary/aromatic N) is 4. The minimum Gasteiger partial charge on any atom is -0.462 e. The second-order valence-corrected chi connectivity index (χ2v) is 5.65. The highest BCUT2D eigenvalue weighted by Gasteiger charge is 2.24. The van der Waals surface area contributed by atoms with Gasteiger partial charge in [0, 0.05) is 45.4 Å². The van der Waals surface area contributed by atoms with E-state index in [9.17, 15) is 4.79 Å². The van der Waals surface area contributed by atoms with Crippen LogP contribution >= 0.6 is 0 Å². The maximum absolute atomic E-state index is 11.4. The van der Waals surface area contributed by atoms with Gasteiger partial charge in [0.15, 0.2) is 0 Å². The van der Waals surface area contributed by atoms with Crippen molar-refractivity contribution < 1.29 is 9.53 Å². The van der Waals surface area contributed by atoms with Crippen LogP contribution < -0.4 is 15.5 Å². The summed E-state index contributed by atoms with van der Waals surface area (Å²) < 4.78 is 5.41. The summed E-state index contributed by atoms with van der Waals surface area (Å²) in [6.45, 7) is 11.8. The lowest BCUT2D eigenvalue weighted by atomic mass is 10.1. The van der Waals surface area contributed by atoms with Crippen LogP contribution in [0.25, 0.3) is 0 Å². The molecule has 1 aromatic rings. The molecule has 0 amide bonds. The lowest BCUT2D eigenvalue weighted by Crippen LogP contribution is -2.39. The molecule has 8 nitrogen and oxygen atoms in total. The van der Waals surface area contributed by atoms with E-state index in [1.165, 1.54) is 0 Å². The summed E-state index contributed by atoms with van der Waals surface area (Å²) in [5.74, 6) is 1.45. The number of aromatic nitrogens is 3. The molecule has 0 aliphatic carbocycles. The molecule has 1 aliphatic rings. The molecule has 1 aliphatic heterocycles. The second kappa shape index (κ2) is 9.61. The molecule has 136 valence electrons. The van der Waals surface area contributed by atoms with Gasteiger partial charge >= 0.3 is 5.97 Å². The smallest absolute Gasteiger partial charge is 0.305 e. The van der Waals surface area contributed by atoms with E-state index in [1.54, 1.807) is 19.1 Å². The lowest BCUT2D eigenvalue weighted by Gasteiger charge is -2.31. The monoisotopic (exact) mass is 346 g/mol. The highest BCUT2D eigenvalue weighted by molar-refractivity contribution is 5.69. The molecular weight excluding hydrogens is 320 g/mol. The van der Waals surface area contributed by atoms with Gasteiger partial charge in [-0.25, -0.2) is 0 Å². The molecule has 1 fully saturated rings. The Morgan fingerprint density at radius 1 is 1.16 bits per heavy atom. The zero-order valence-electron chi connectivity index (χ0n) is 14.7. The Morgan fingerprint density at radius 2 is 1.72 bits per heavy atom. The summed E-state index contributed by atoms with van der Waals surface area (Å²) in [4.78, 5) is 26.8. The number of nitrogens with one attached hydrogen (secondary N) is 2. The summed E-state index contributed by atoms with van der Waals surface area (Å²) >= 11 is 0. The third-order valence-corrected chi connectivity index (χ3v) is 3.74. The predicted molar refractivity (Wildman–Crippen MR) is 98.8 cm³/mol. The Morgan fingerprint density at radius 3 is 2.20 bits per heavy atom. The normalized spacial score (nSPS) is 14.7. The average Bonchev–Trinajstić information content (AvgIpc) is 2.65. The van der Waals surface area contributed by atoms with E-state index >= 15 is 0 Å². The number of rotatable bonds is 9. The molecule has 0 spiro atoms. The van der Waals surface area contributed by atoms with Gasteiger partial charge in [0.2, 0.25) is 17.8 Å². The third kappa shape index (κ3) is 5.74. The zero-order valence-corrected chi connectivity index (χ0v) is 14.7. The van der Waals surface area contributed by atoms with Crippen LogP contribution in [0.2, 0.25) is 0 Å². The van der Waals surface area contributed by atoms with E-state index in [0.29, 0.717) is 37.4 Å². The number of ether oxygens (including phenoxy) is 1. The topological polar surface area (TPSA) is 92.3 Å². The van der Waals surface area contributed by atoms with E-state index in [2.05, 4.69) is 43.6 Å². The van der Waals surface area contributed by atoms with E-state index in [0.717, 1.165) is 25.9 Å². The maximum Gasteiger partial charge on any atom is 0.305 e. The van der Waals surface area contributed by atoms with E-state index in [1.807, 2.05) is 0 Å². The molecule has 8 heteroatoms. The zero-order chi connectivity index (χ0) is 18.1. The first-order valence-corrected chi connectivity index (χ1v) is 8.56. The van der Waals surface area contributed by atoms with Crippen LogP contribution in [0.1, 0.15) is 26.2 Å². The van der Waals surface area contributed by atoms with Crippen LogP contribution in [0.4, 0.5) is 17.8 Å². The van der Waals surface area contributed by atoms with Crippen molar-refractivity contribution in [3.05, 3.63) is 25.3 Å². The van der Waals surface area contributed by atoms with Crippen LogP contribution in [-0.4, -0.2) is 53.2 Å². The molecule has 0 atom stereocenters. The number of piperidine rings is 1. The summed E-state index contributed by atoms with van der Waals surface area (Å²) in [6.07, 6.45) is 5.40. The standard InChI is InChI=1S/C17H26N6O2/c1-4-9-18-15-20-16(19-10-5-2)22-17(21-15)23-11-7-13(8-12-23)25-14(24)6-3/h4-5,13H,1-2,6-12H2,3H3,(H2,18,19,20,21,22). The number of anilines is 3. The number of esters is 1. The first-order valence-electron chi connectivity index (χ1n) is 8.56. The van der Waals surface area contributed by atoms with Crippen molar-refractivity contribution in [1.29, 1.82) is 0 Å². The van der Waals surface area contributed by atoms with Crippen molar-refractivity contribution in [3.8, 4) is 0 Å². The first kappa shape index (κ1) is 18.7.